The van der Waals surface area contributed by atoms with Crippen LogP contribution in [0.25, 0.3) is 11.1 Å². The molecule has 0 saturated carbocycles. The summed E-state index contributed by atoms with van der Waals surface area (Å²) in [5, 5.41) is 0.171. The molecule has 1 saturated heterocycles. The van der Waals surface area contributed by atoms with Crippen LogP contribution in [0.5, 0.6) is 5.75 Å². The number of hydrogen-bond donors (Lipinski definition) is 0. The second kappa shape index (κ2) is 10.3. The van der Waals surface area contributed by atoms with Crippen molar-refractivity contribution in [2.24, 2.45) is 4.99 Å². The fourth-order valence-corrected chi connectivity index (χ4v) is 5.14. The first-order valence-electron chi connectivity index (χ1n) is 11.5. The molecule has 0 unspecified atom stereocenters. The summed E-state index contributed by atoms with van der Waals surface area (Å²) in [6.45, 7) is 9.12. The Hall–Kier alpha value is -3.46. The van der Waals surface area contributed by atoms with E-state index >= 15 is 0 Å². The monoisotopic (exact) mass is 516 g/mol. The van der Waals surface area contributed by atoms with Gasteiger partial charge in [0.2, 0.25) is 12.3 Å². The molecule has 0 spiro atoms. The Balaban J connectivity index is 1.87. The quantitative estimate of drug-likeness (QED) is 0.265. The molecule has 2 aliphatic rings. The number of hydrogen-bond acceptors (Lipinski definition) is 4. The zero-order valence-electron chi connectivity index (χ0n) is 20.3. The van der Waals surface area contributed by atoms with Crippen molar-refractivity contribution in [2.45, 2.75) is 25.9 Å². The number of carbonyl (C=O) groups excluding carboxylic acids is 2. The number of amides is 2. The van der Waals surface area contributed by atoms with Gasteiger partial charge in [-0.3, -0.25) is 9.59 Å². The third-order valence-electron chi connectivity index (χ3n) is 6.59. The summed E-state index contributed by atoms with van der Waals surface area (Å²) in [4.78, 5) is 33.8. The first kappa shape index (κ1) is 25.6. The lowest BCUT2D eigenvalue weighted by Crippen LogP contribution is -2.59. The molecule has 0 N–H and O–H groups in total. The molecule has 0 aliphatic carbocycles. The molecule has 190 valence electrons. The molecule has 7 nitrogen and oxygen atoms in total. The minimum absolute atomic E-state index is 0.104. The Morgan fingerprint density at radius 2 is 1.89 bits per heavy atom. The average Bonchev–Trinajstić information content (AvgIpc) is 2.84. The summed E-state index contributed by atoms with van der Waals surface area (Å²) in [5.41, 5.74) is 1.53. The molecular weight excluding hydrogens is 490 g/mol. The number of fused-ring (bicyclic) bond motifs is 1. The number of nitrogens with zero attached hydrogens (tertiary/aromatic N) is 4. The van der Waals surface area contributed by atoms with Crippen LogP contribution in [0.3, 0.4) is 0 Å². The highest BCUT2D eigenvalue weighted by atomic mass is 35.5. The third kappa shape index (κ3) is 4.55. The molecule has 2 aromatic carbocycles. The van der Waals surface area contributed by atoms with Crippen LogP contribution in [0.2, 0.25) is 5.02 Å². The van der Waals surface area contributed by atoms with Crippen molar-refractivity contribution in [1.82, 2.24) is 9.80 Å². The fraction of sp³-hybridized carbons (Fsp3) is 0.346. The SMILES string of the molecule is C=CC(=O)N1C[C@H](C)N(C(=NC=O)c2cc(Cl)c(-c3ccc(F)cc3F)c3c2N(C)CCO3)C[C@H]1C. The zero-order chi connectivity index (χ0) is 26.1. The van der Waals surface area contributed by atoms with Gasteiger partial charge < -0.3 is 19.4 Å². The minimum Gasteiger partial charge on any atom is -0.489 e. The second-order valence-corrected chi connectivity index (χ2v) is 9.36. The molecule has 10 heteroatoms. The Morgan fingerprint density at radius 3 is 2.56 bits per heavy atom. The van der Waals surface area contributed by atoms with E-state index in [1.165, 1.54) is 12.1 Å². The van der Waals surface area contributed by atoms with Gasteiger partial charge in [-0.05, 0) is 38.1 Å². The summed E-state index contributed by atoms with van der Waals surface area (Å²) in [6.07, 6.45) is 1.75. The molecule has 1 fully saturated rings. The first-order valence-corrected chi connectivity index (χ1v) is 11.9. The topological polar surface area (TPSA) is 65.5 Å². The van der Waals surface area contributed by atoms with E-state index in [9.17, 15) is 18.4 Å². The van der Waals surface area contributed by atoms with Crippen LogP contribution in [0.4, 0.5) is 14.5 Å². The van der Waals surface area contributed by atoms with E-state index in [0.717, 1.165) is 12.1 Å². The summed E-state index contributed by atoms with van der Waals surface area (Å²) in [6, 6.07) is 4.56. The van der Waals surface area contributed by atoms with E-state index in [0.29, 0.717) is 61.1 Å². The van der Waals surface area contributed by atoms with Crippen LogP contribution >= 0.6 is 11.6 Å². The van der Waals surface area contributed by atoms with Gasteiger partial charge in [0.1, 0.15) is 24.1 Å². The smallest absolute Gasteiger partial charge is 0.246 e. The molecule has 0 bridgehead atoms. The zero-order valence-corrected chi connectivity index (χ0v) is 21.1. The molecule has 2 atom stereocenters. The molecule has 36 heavy (non-hydrogen) atoms. The number of ether oxygens (including phenoxy) is 1. The molecule has 2 heterocycles. The Kier molecular flexibility index (Phi) is 7.31. The maximum Gasteiger partial charge on any atom is 0.246 e. The lowest BCUT2D eigenvalue weighted by atomic mass is 9.96. The summed E-state index contributed by atoms with van der Waals surface area (Å²) in [7, 11) is 1.86. The maximum atomic E-state index is 14.8. The van der Waals surface area contributed by atoms with Crippen molar-refractivity contribution in [3.8, 4) is 16.9 Å². The van der Waals surface area contributed by atoms with Gasteiger partial charge in [-0.25, -0.2) is 8.78 Å². The molecular formula is C26H27ClF2N4O3. The summed E-state index contributed by atoms with van der Waals surface area (Å²) in [5.74, 6) is -0.931. The number of anilines is 1. The van der Waals surface area contributed by atoms with Gasteiger partial charge in [0.15, 0.2) is 5.75 Å². The van der Waals surface area contributed by atoms with Crippen LogP contribution in [0, 0.1) is 11.6 Å². The molecule has 0 radical (unpaired) electrons. The third-order valence-corrected chi connectivity index (χ3v) is 6.89. The minimum atomic E-state index is -0.768. The van der Waals surface area contributed by atoms with Crippen molar-refractivity contribution in [3.05, 3.63) is 59.1 Å². The average molecular weight is 517 g/mol. The number of amidine groups is 1. The van der Waals surface area contributed by atoms with Crippen molar-refractivity contribution in [1.29, 1.82) is 0 Å². The van der Waals surface area contributed by atoms with Crippen LogP contribution in [0.15, 0.2) is 41.9 Å². The van der Waals surface area contributed by atoms with Crippen molar-refractivity contribution in [2.75, 3.05) is 38.2 Å². The number of aliphatic imine (C=N–C) groups is 1. The van der Waals surface area contributed by atoms with Crippen molar-refractivity contribution < 1.29 is 23.1 Å². The molecule has 2 aromatic rings. The number of carbonyl (C=O) groups is 2. The first-order chi connectivity index (χ1) is 17.2. The molecule has 0 aromatic heterocycles. The predicted molar refractivity (Wildman–Crippen MR) is 136 cm³/mol. The highest BCUT2D eigenvalue weighted by molar-refractivity contribution is 6.35. The predicted octanol–water partition coefficient (Wildman–Crippen LogP) is 4.12. The van der Waals surface area contributed by atoms with Gasteiger partial charge in [-0.1, -0.05) is 18.2 Å². The van der Waals surface area contributed by atoms with Crippen LogP contribution < -0.4 is 9.64 Å². The van der Waals surface area contributed by atoms with Gasteiger partial charge in [-0.15, -0.1) is 0 Å². The lowest BCUT2D eigenvalue weighted by Gasteiger charge is -2.45. The van der Waals surface area contributed by atoms with E-state index < -0.39 is 11.6 Å². The standard InChI is InChI=1S/C26H27ClF2N4O3/c1-5-22(35)32-12-16(3)33(13-15(32)2)26(30-14-34)19-11-20(27)23(18-7-6-17(28)10-21(18)29)25-24(19)31(4)8-9-36-25/h5-7,10-11,14-16H,1,8-9,12-13H2,2-4H3/t15-,16+/m1/s1. The number of benzene rings is 2. The van der Waals surface area contributed by atoms with E-state index in [1.54, 1.807) is 11.0 Å². The summed E-state index contributed by atoms with van der Waals surface area (Å²) < 4.78 is 34.4. The van der Waals surface area contributed by atoms with Crippen molar-refractivity contribution >= 4 is 35.4 Å². The molecule has 2 amide bonds. The fourth-order valence-electron chi connectivity index (χ4n) is 4.84. The highest BCUT2D eigenvalue weighted by Gasteiger charge is 2.36. The Morgan fingerprint density at radius 1 is 1.19 bits per heavy atom. The second-order valence-electron chi connectivity index (χ2n) is 8.96. The number of piperazine rings is 1. The van der Waals surface area contributed by atoms with E-state index in [4.69, 9.17) is 16.3 Å². The van der Waals surface area contributed by atoms with Gasteiger partial charge in [-0.2, -0.15) is 4.99 Å². The van der Waals surface area contributed by atoms with E-state index in [1.807, 2.05) is 30.7 Å². The highest BCUT2D eigenvalue weighted by Crippen LogP contribution is 2.48. The van der Waals surface area contributed by atoms with Crippen LogP contribution in [-0.4, -0.2) is 73.3 Å². The van der Waals surface area contributed by atoms with E-state index in [2.05, 4.69) is 11.6 Å². The van der Waals surface area contributed by atoms with Crippen LogP contribution in [0.1, 0.15) is 19.4 Å². The van der Waals surface area contributed by atoms with Crippen LogP contribution in [-0.2, 0) is 9.59 Å². The van der Waals surface area contributed by atoms with Gasteiger partial charge >= 0.3 is 0 Å². The molecule has 4 rings (SSSR count). The van der Waals surface area contributed by atoms with Gasteiger partial charge in [0, 0.05) is 55.0 Å². The number of likely N-dealkylation sites (N-methyl/N-ethyl adjacent to an activating group) is 1. The Bertz CT molecular complexity index is 1250. The normalized spacial score (nSPS) is 20.1. The lowest BCUT2D eigenvalue weighted by molar-refractivity contribution is -0.130. The van der Waals surface area contributed by atoms with Crippen molar-refractivity contribution in [3.63, 3.8) is 0 Å². The maximum absolute atomic E-state index is 14.8. The largest absolute Gasteiger partial charge is 0.489 e. The number of rotatable bonds is 4. The Labute approximate surface area is 213 Å². The molecule has 2 aliphatic heterocycles. The van der Waals surface area contributed by atoms with Gasteiger partial charge in [0.05, 0.1) is 17.3 Å². The number of halogens is 3. The van der Waals surface area contributed by atoms with E-state index in [-0.39, 0.29) is 28.6 Å². The summed E-state index contributed by atoms with van der Waals surface area (Å²) >= 11 is 6.71. The van der Waals surface area contributed by atoms with Gasteiger partial charge in [0.25, 0.3) is 0 Å².